The first kappa shape index (κ1) is 19.8. The molecule has 0 saturated heterocycles. The van der Waals surface area contributed by atoms with Crippen molar-refractivity contribution in [2.75, 3.05) is 7.11 Å². The molecule has 28 heavy (non-hydrogen) atoms. The normalized spacial score (nSPS) is 32.2. The van der Waals surface area contributed by atoms with Crippen molar-refractivity contribution in [2.45, 2.75) is 72.0 Å². The monoisotopic (exact) mass is 386 g/mol. The fourth-order valence-corrected chi connectivity index (χ4v) is 5.99. The summed E-state index contributed by atoms with van der Waals surface area (Å²) in [5, 5.41) is 0. The SMILES string of the molecule is CCC(C)(C)C(=O)Oc1ccc(OC(OC)C23CC4CC(CC(C4)C2)C3)cc1. The summed E-state index contributed by atoms with van der Waals surface area (Å²) in [5.41, 5.74) is -0.311. The highest BCUT2D eigenvalue weighted by Gasteiger charge is 2.55. The van der Waals surface area contributed by atoms with E-state index in [9.17, 15) is 4.79 Å². The van der Waals surface area contributed by atoms with Crippen LogP contribution in [-0.4, -0.2) is 19.4 Å². The number of rotatable bonds is 7. The lowest BCUT2D eigenvalue weighted by molar-refractivity contribution is -0.204. The number of esters is 1. The fraction of sp³-hybridized carbons (Fsp3) is 0.708. The molecule has 4 heteroatoms. The first-order valence-corrected chi connectivity index (χ1v) is 10.9. The quantitative estimate of drug-likeness (QED) is 0.348. The summed E-state index contributed by atoms with van der Waals surface area (Å²) in [6.07, 6.45) is 8.47. The van der Waals surface area contributed by atoms with Crippen LogP contribution in [0.2, 0.25) is 0 Å². The van der Waals surface area contributed by atoms with Crippen LogP contribution in [0.5, 0.6) is 11.5 Å². The second kappa shape index (κ2) is 7.37. The molecule has 0 aliphatic heterocycles. The summed E-state index contributed by atoms with van der Waals surface area (Å²) in [7, 11) is 1.77. The van der Waals surface area contributed by atoms with Crippen molar-refractivity contribution >= 4 is 5.97 Å². The van der Waals surface area contributed by atoms with Gasteiger partial charge in [0.25, 0.3) is 0 Å². The molecule has 4 fully saturated rings. The maximum absolute atomic E-state index is 12.3. The summed E-state index contributed by atoms with van der Waals surface area (Å²) >= 11 is 0. The van der Waals surface area contributed by atoms with Crippen molar-refractivity contribution in [1.82, 2.24) is 0 Å². The van der Waals surface area contributed by atoms with Gasteiger partial charge in [0.2, 0.25) is 6.29 Å². The molecule has 1 unspecified atom stereocenters. The fourth-order valence-electron chi connectivity index (χ4n) is 5.99. The Morgan fingerprint density at radius 2 is 1.54 bits per heavy atom. The highest BCUT2D eigenvalue weighted by Crippen LogP contribution is 2.61. The molecule has 4 aliphatic carbocycles. The zero-order valence-electron chi connectivity index (χ0n) is 17.7. The molecule has 1 aromatic rings. The second-order valence-electron chi connectivity index (χ2n) is 10.1. The van der Waals surface area contributed by atoms with Crippen LogP contribution in [0.15, 0.2) is 24.3 Å². The third kappa shape index (κ3) is 3.68. The van der Waals surface area contributed by atoms with Gasteiger partial charge >= 0.3 is 5.97 Å². The van der Waals surface area contributed by atoms with Crippen molar-refractivity contribution in [2.24, 2.45) is 28.6 Å². The Morgan fingerprint density at radius 3 is 2.00 bits per heavy atom. The van der Waals surface area contributed by atoms with Gasteiger partial charge in [0, 0.05) is 12.5 Å². The van der Waals surface area contributed by atoms with Gasteiger partial charge in [-0.15, -0.1) is 0 Å². The van der Waals surface area contributed by atoms with E-state index < -0.39 is 5.41 Å². The minimum absolute atomic E-state index is 0.166. The van der Waals surface area contributed by atoms with E-state index in [4.69, 9.17) is 14.2 Å². The molecule has 4 aliphatic rings. The van der Waals surface area contributed by atoms with E-state index in [-0.39, 0.29) is 17.7 Å². The average Bonchev–Trinajstić information content (AvgIpc) is 2.66. The van der Waals surface area contributed by atoms with Crippen LogP contribution in [0.4, 0.5) is 0 Å². The standard InChI is InChI=1S/C24H34O4/c1-5-23(2,3)21(25)27-19-6-8-20(9-7-19)28-22(26-4)24-13-16-10-17(14-24)12-18(11-16)15-24/h6-9,16-18,22H,5,10-15H2,1-4H3. The lowest BCUT2D eigenvalue weighted by Gasteiger charge is -2.58. The lowest BCUT2D eigenvalue weighted by Crippen LogP contribution is -2.53. The average molecular weight is 387 g/mol. The van der Waals surface area contributed by atoms with Crippen LogP contribution in [-0.2, 0) is 9.53 Å². The van der Waals surface area contributed by atoms with Gasteiger partial charge in [0.1, 0.15) is 11.5 Å². The van der Waals surface area contributed by atoms with Crippen molar-refractivity contribution in [3.8, 4) is 11.5 Å². The molecule has 5 rings (SSSR count). The molecule has 0 heterocycles. The van der Waals surface area contributed by atoms with Crippen LogP contribution in [0.1, 0.15) is 65.7 Å². The Morgan fingerprint density at radius 1 is 1.04 bits per heavy atom. The smallest absolute Gasteiger partial charge is 0.316 e. The molecule has 4 saturated carbocycles. The summed E-state index contributed by atoms with van der Waals surface area (Å²) < 4.78 is 17.8. The van der Waals surface area contributed by atoms with Gasteiger partial charge < -0.3 is 14.2 Å². The predicted octanol–water partition coefficient (Wildman–Crippen LogP) is 5.60. The minimum atomic E-state index is -0.477. The van der Waals surface area contributed by atoms with Crippen molar-refractivity contribution in [3.63, 3.8) is 0 Å². The van der Waals surface area contributed by atoms with Crippen LogP contribution in [0, 0.1) is 28.6 Å². The van der Waals surface area contributed by atoms with Crippen molar-refractivity contribution in [1.29, 1.82) is 0 Å². The number of methoxy groups -OCH3 is 1. The Bertz CT molecular complexity index is 671. The summed E-state index contributed by atoms with van der Waals surface area (Å²) in [4.78, 5) is 12.3. The van der Waals surface area contributed by atoms with Gasteiger partial charge in [-0.25, -0.2) is 0 Å². The van der Waals surface area contributed by atoms with Crippen LogP contribution in [0.25, 0.3) is 0 Å². The molecule has 0 radical (unpaired) electrons. The van der Waals surface area contributed by atoms with Crippen LogP contribution in [0.3, 0.4) is 0 Å². The molecule has 0 spiro atoms. The lowest BCUT2D eigenvalue weighted by atomic mass is 9.49. The number of ether oxygens (including phenoxy) is 3. The molecule has 4 bridgehead atoms. The third-order valence-corrected chi connectivity index (χ3v) is 7.51. The van der Waals surface area contributed by atoms with E-state index in [0.29, 0.717) is 5.75 Å². The molecule has 4 nitrogen and oxygen atoms in total. The van der Waals surface area contributed by atoms with E-state index in [2.05, 4.69) is 0 Å². The van der Waals surface area contributed by atoms with Crippen LogP contribution >= 0.6 is 0 Å². The van der Waals surface area contributed by atoms with E-state index in [1.807, 2.05) is 45.0 Å². The Kier molecular flexibility index (Phi) is 5.20. The van der Waals surface area contributed by atoms with Gasteiger partial charge in [-0.05, 0) is 101 Å². The molecular weight excluding hydrogens is 352 g/mol. The predicted molar refractivity (Wildman–Crippen MR) is 108 cm³/mol. The number of benzene rings is 1. The molecular formula is C24H34O4. The summed E-state index contributed by atoms with van der Waals surface area (Å²) in [6, 6.07) is 7.39. The first-order valence-electron chi connectivity index (χ1n) is 10.9. The summed E-state index contributed by atoms with van der Waals surface area (Å²) in [5.74, 6) is 3.70. The van der Waals surface area contributed by atoms with E-state index in [1.165, 1.54) is 38.5 Å². The minimum Gasteiger partial charge on any atom is -0.464 e. The van der Waals surface area contributed by atoms with Gasteiger partial charge in [-0.3, -0.25) is 4.79 Å². The van der Waals surface area contributed by atoms with Crippen LogP contribution < -0.4 is 9.47 Å². The highest BCUT2D eigenvalue weighted by molar-refractivity contribution is 5.78. The Hall–Kier alpha value is -1.55. The maximum atomic E-state index is 12.3. The second-order valence-corrected chi connectivity index (χ2v) is 10.1. The molecule has 0 aromatic heterocycles. The molecule has 1 atom stereocenters. The molecule has 0 amide bonds. The highest BCUT2D eigenvalue weighted by atomic mass is 16.7. The zero-order chi connectivity index (χ0) is 19.9. The topological polar surface area (TPSA) is 44.8 Å². The third-order valence-electron chi connectivity index (χ3n) is 7.51. The molecule has 154 valence electrons. The first-order chi connectivity index (χ1) is 13.3. The van der Waals surface area contributed by atoms with Crippen molar-refractivity contribution < 1.29 is 19.0 Å². The number of carbonyl (C=O) groups excluding carboxylic acids is 1. The number of carbonyl (C=O) groups is 1. The maximum Gasteiger partial charge on any atom is 0.316 e. The Balaban J connectivity index is 1.43. The number of hydrogen-bond donors (Lipinski definition) is 0. The van der Waals surface area contributed by atoms with E-state index in [1.54, 1.807) is 7.11 Å². The number of hydrogen-bond acceptors (Lipinski definition) is 4. The van der Waals surface area contributed by atoms with Gasteiger partial charge in [-0.2, -0.15) is 0 Å². The van der Waals surface area contributed by atoms with Gasteiger partial charge in [0.15, 0.2) is 0 Å². The zero-order valence-corrected chi connectivity index (χ0v) is 17.7. The summed E-state index contributed by atoms with van der Waals surface area (Å²) in [6.45, 7) is 5.80. The largest absolute Gasteiger partial charge is 0.464 e. The van der Waals surface area contributed by atoms with Gasteiger partial charge in [-0.1, -0.05) is 6.92 Å². The van der Waals surface area contributed by atoms with E-state index >= 15 is 0 Å². The van der Waals surface area contributed by atoms with E-state index in [0.717, 1.165) is 29.9 Å². The Labute approximate surface area is 168 Å². The molecule has 1 aromatic carbocycles. The molecule has 0 N–H and O–H groups in total. The van der Waals surface area contributed by atoms with Crippen molar-refractivity contribution in [3.05, 3.63) is 24.3 Å². The van der Waals surface area contributed by atoms with Gasteiger partial charge in [0.05, 0.1) is 5.41 Å².